The minimum Gasteiger partial charge on any atom is -0.306 e. The molecule has 0 saturated carbocycles. The molecule has 0 bridgehead atoms. The van der Waals surface area contributed by atoms with Gasteiger partial charge in [0.2, 0.25) is 0 Å². The van der Waals surface area contributed by atoms with Crippen molar-refractivity contribution in [3.05, 3.63) is 45.2 Å². The van der Waals surface area contributed by atoms with Gasteiger partial charge in [-0.05, 0) is 61.4 Å². The number of likely N-dealkylation sites (tertiary alicyclic amines) is 1. The third-order valence-electron chi connectivity index (χ3n) is 5.52. The molecule has 2 aliphatic heterocycles. The number of carbonyl (C=O) groups excluding carboxylic acids is 1. The zero-order valence-corrected chi connectivity index (χ0v) is 16.7. The molecule has 132 valence electrons. The number of rotatable bonds is 1. The minimum atomic E-state index is 0.0390. The molecule has 2 atom stereocenters. The minimum absolute atomic E-state index is 0.0390. The highest BCUT2D eigenvalue weighted by molar-refractivity contribution is 9.10. The first-order valence-electron chi connectivity index (χ1n) is 8.70. The summed E-state index contributed by atoms with van der Waals surface area (Å²) in [7, 11) is 4.00. The average molecular weight is 403 g/mol. The molecule has 2 aliphatic rings. The Morgan fingerprint density at radius 3 is 2.72 bits per heavy atom. The number of piperidine rings is 1. The van der Waals surface area contributed by atoms with E-state index in [9.17, 15) is 4.79 Å². The molecule has 1 fully saturated rings. The summed E-state index contributed by atoms with van der Waals surface area (Å²) in [6.45, 7) is 6.05. The monoisotopic (exact) mass is 402 g/mol. The molecule has 0 spiro atoms. The van der Waals surface area contributed by atoms with Crippen molar-refractivity contribution in [2.24, 2.45) is 7.05 Å². The van der Waals surface area contributed by atoms with Crippen molar-refractivity contribution in [3.63, 3.8) is 0 Å². The summed E-state index contributed by atoms with van der Waals surface area (Å²) in [6.07, 6.45) is 0.995. The number of amides is 1. The van der Waals surface area contributed by atoms with Crippen molar-refractivity contribution in [1.82, 2.24) is 14.7 Å². The third-order valence-corrected chi connectivity index (χ3v) is 6.47. The van der Waals surface area contributed by atoms with E-state index >= 15 is 0 Å². The number of fused-ring (bicyclic) bond motifs is 3. The predicted molar refractivity (Wildman–Crippen MR) is 102 cm³/mol. The van der Waals surface area contributed by atoms with Gasteiger partial charge in [0, 0.05) is 31.2 Å². The van der Waals surface area contributed by atoms with Crippen molar-refractivity contribution in [2.75, 3.05) is 25.0 Å². The van der Waals surface area contributed by atoms with Crippen LogP contribution in [0.1, 0.15) is 39.6 Å². The summed E-state index contributed by atoms with van der Waals surface area (Å²) in [5, 5.41) is 4.40. The fourth-order valence-electron chi connectivity index (χ4n) is 4.32. The van der Waals surface area contributed by atoms with Gasteiger partial charge in [-0.25, -0.2) is 0 Å². The largest absolute Gasteiger partial charge is 0.306 e. The quantitative estimate of drug-likeness (QED) is 0.734. The molecule has 3 heterocycles. The summed E-state index contributed by atoms with van der Waals surface area (Å²) >= 11 is 3.56. The van der Waals surface area contributed by atoms with Gasteiger partial charge in [0.05, 0.1) is 10.2 Å². The summed E-state index contributed by atoms with van der Waals surface area (Å²) in [4.78, 5) is 17.9. The molecule has 2 aromatic rings. The highest BCUT2D eigenvalue weighted by Gasteiger charge is 2.45. The standard InChI is InChI=1S/C19H23BrN4O/c1-11-5-6-15-13(9-11)14-10-22(3)8-7-16(14)24(15)19(25)18-17(20)12(2)21-23(18)4/h5-6,9,14,16H,7-8,10H2,1-4H3. The van der Waals surface area contributed by atoms with Gasteiger partial charge in [-0.2, -0.15) is 5.10 Å². The van der Waals surface area contributed by atoms with Crippen LogP contribution in [0, 0.1) is 13.8 Å². The van der Waals surface area contributed by atoms with E-state index in [1.807, 2.05) is 18.9 Å². The first-order valence-corrected chi connectivity index (χ1v) is 9.49. The zero-order valence-electron chi connectivity index (χ0n) is 15.1. The summed E-state index contributed by atoms with van der Waals surface area (Å²) in [5.74, 6) is 0.419. The Bertz CT molecular complexity index is 859. The number of benzene rings is 1. The van der Waals surface area contributed by atoms with E-state index in [-0.39, 0.29) is 11.9 Å². The molecule has 25 heavy (non-hydrogen) atoms. The maximum absolute atomic E-state index is 13.5. The lowest BCUT2D eigenvalue weighted by Gasteiger charge is -2.36. The summed E-state index contributed by atoms with van der Waals surface area (Å²) in [6, 6.07) is 6.69. The maximum atomic E-state index is 13.5. The average Bonchev–Trinajstić information content (AvgIpc) is 3.00. The van der Waals surface area contributed by atoms with Gasteiger partial charge < -0.3 is 9.80 Å². The Balaban J connectivity index is 1.83. The number of carbonyl (C=O) groups is 1. The number of likely N-dealkylation sites (N-methyl/N-ethyl adjacent to an activating group) is 1. The number of anilines is 1. The summed E-state index contributed by atoms with van der Waals surface area (Å²) in [5.41, 5.74) is 5.09. The van der Waals surface area contributed by atoms with E-state index in [1.165, 1.54) is 11.1 Å². The molecular weight excluding hydrogens is 380 g/mol. The van der Waals surface area contributed by atoms with Crippen LogP contribution in [0.25, 0.3) is 0 Å². The second kappa shape index (κ2) is 5.95. The first kappa shape index (κ1) is 16.8. The van der Waals surface area contributed by atoms with Crippen LogP contribution in [0.5, 0.6) is 0 Å². The van der Waals surface area contributed by atoms with E-state index in [1.54, 1.807) is 4.68 Å². The number of aryl methyl sites for hydroxylation is 3. The normalized spacial score (nSPS) is 22.8. The lowest BCUT2D eigenvalue weighted by atomic mass is 9.89. The van der Waals surface area contributed by atoms with E-state index < -0.39 is 0 Å². The summed E-state index contributed by atoms with van der Waals surface area (Å²) < 4.78 is 2.49. The molecule has 1 saturated heterocycles. The number of hydrogen-bond donors (Lipinski definition) is 0. The number of aromatic nitrogens is 2. The van der Waals surface area contributed by atoms with Crippen LogP contribution in [-0.2, 0) is 7.05 Å². The fourth-order valence-corrected chi connectivity index (χ4v) is 4.83. The molecule has 1 aromatic heterocycles. The third kappa shape index (κ3) is 2.54. The second-order valence-electron chi connectivity index (χ2n) is 7.33. The van der Waals surface area contributed by atoms with Crippen LogP contribution < -0.4 is 4.90 Å². The van der Waals surface area contributed by atoms with Crippen molar-refractivity contribution < 1.29 is 4.79 Å². The first-order chi connectivity index (χ1) is 11.9. The molecule has 1 amide bonds. The van der Waals surface area contributed by atoms with Crippen LogP contribution in [0.2, 0.25) is 0 Å². The van der Waals surface area contributed by atoms with Gasteiger partial charge in [0.1, 0.15) is 5.69 Å². The Morgan fingerprint density at radius 2 is 2.04 bits per heavy atom. The lowest BCUT2D eigenvalue weighted by Crippen LogP contribution is -2.47. The number of halogens is 1. The fraction of sp³-hybridized carbons (Fsp3) is 0.474. The Morgan fingerprint density at radius 1 is 1.28 bits per heavy atom. The van der Waals surface area contributed by atoms with Crippen molar-refractivity contribution in [3.8, 4) is 0 Å². The molecule has 0 aliphatic carbocycles. The second-order valence-corrected chi connectivity index (χ2v) is 8.13. The zero-order chi connectivity index (χ0) is 17.9. The van der Waals surface area contributed by atoms with Crippen molar-refractivity contribution >= 4 is 27.5 Å². The molecule has 5 nitrogen and oxygen atoms in total. The smallest absolute Gasteiger partial charge is 0.278 e. The van der Waals surface area contributed by atoms with Gasteiger partial charge in [0.15, 0.2) is 0 Å². The molecule has 0 N–H and O–H groups in total. The Hall–Kier alpha value is -1.66. The topological polar surface area (TPSA) is 41.4 Å². The van der Waals surface area contributed by atoms with Crippen LogP contribution in [-0.4, -0.2) is 46.8 Å². The SMILES string of the molecule is Cc1ccc2c(c1)C1CN(C)CCC1N2C(=O)c1c(Br)c(C)nn1C. The Labute approximate surface area is 156 Å². The van der Waals surface area contributed by atoms with Crippen molar-refractivity contribution in [2.45, 2.75) is 32.2 Å². The maximum Gasteiger partial charge on any atom is 0.278 e. The van der Waals surface area contributed by atoms with Gasteiger partial charge in [-0.3, -0.25) is 9.48 Å². The van der Waals surface area contributed by atoms with Gasteiger partial charge in [-0.15, -0.1) is 0 Å². The van der Waals surface area contributed by atoms with E-state index in [4.69, 9.17) is 0 Å². The van der Waals surface area contributed by atoms with E-state index in [2.05, 4.69) is 58.1 Å². The molecule has 0 radical (unpaired) electrons. The van der Waals surface area contributed by atoms with Crippen LogP contribution in [0.15, 0.2) is 22.7 Å². The van der Waals surface area contributed by atoms with Crippen LogP contribution in [0.3, 0.4) is 0 Å². The van der Waals surface area contributed by atoms with Gasteiger partial charge in [-0.1, -0.05) is 17.7 Å². The lowest BCUT2D eigenvalue weighted by molar-refractivity contribution is 0.0955. The van der Waals surface area contributed by atoms with Crippen LogP contribution in [0.4, 0.5) is 5.69 Å². The number of hydrogen-bond acceptors (Lipinski definition) is 3. The highest BCUT2D eigenvalue weighted by Crippen LogP contribution is 2.45. The van der Waals surface area contributed by atoms with E-state index in [0.717, 1.165) is 35.4 Å². The van der Waals surface area contributed by atoms with Crippen LogP contribution >= 0.6 is 15.9 Å². The number of nitrogens with zero attached hydrogens (tertiary/aromatic N) is 4. The van der Waals surface area contributed by atoms with Gasteiger partial charge >= 0.3 is 0 Å². The Kier molecular flexibility index (Phi) is 4.00. The van der Waals surface area contributed by atoms with Gasteiger partial charge in [0.25, 0.3) is 5.91 Å². The highest BCUT2D eigenvalue weighted by atomic mass is 79.9. The van der Waals surface area contributed by atoms with Crippen molar-refractivity contribution in [1.29, 1.82) is 0 Å². The predicted octanol–water partition coefficient (Wildman–Crippen LogP) is 3.25. The molecule has 4 rings (SSSR count). The molecule has 1 aromatic carbocycles. The molecular formula is C19H23BrN4O. The molecule has 2 unspecified atom stereocenters. The van der Waals surface area contributed by atoms with E-state index in [0.29, 0.717) is 11.6 Å². The molecule has 6 heteroatoms.